The van der Waals surface area contributed by atoms with Crippen LogP contribution in [0.3, 0.4) is 0 Å². The molecule has 28 heavy (non-hydrogen) atoms. The summed E-state index contributed by atoms with van der Waals surface area (Å²) in [6.45, 7) is 4.36. The maximum absolute atomic E-state index is 6.68. The maximum Gasteiger partial charge on any atom is 0.208 e. The minimum absolute atomic E-state index is 0.249. The topological polar surface area (TPSA) is 38.5 Å². The third kappa shape index (κ3) is 2.76. The highest BCUT2D eigenvalue weighted by Gasteiger charge is 2.52. The number of nitrogens with one attached hydrogen (secondary N) is 1. The van der Waals surface area contributed by atoms with Crippen LogP contribution >= 0.6 is 0 Å². The van der Waals surface area contributed by atoms with Crippen molar-refractivity contribution in [2.45, 2.75) is 38.0 Å². The van der Waals surface area contributed by atoms with E-state index in [2.05, 4.69) is 49.3 Å². The summed E-state index contributed by atoms with van der Waals surface area (Å²) < 4.78 is 12.0. The van der Waals surface area contributed by atoms with Gasteiger partial charge >= 0.3 is 0 Å². The lowest BCUT2D eigenvalue weighted by Crippen LogP contribution is -3.11. The maximum atomic E-state index is 6.68. The summed E-state index contributed by atoms with van der Waals surface area (Å²) in [5.41, 5.74) is 4.52. The Morgan fingerprint density at radius 1 is 1.14 bits per heavy atom. The van der Waals surface area contributed by atoms with E-state index in [1.807, 2.05) is 12.1 Å². The van der Waals surface area contributed by atoms with Crippen LogP contribution in [0.15, 0.2) is 47.6 Å². The summed E-state index contributed by atoms with van der Waals surface area (Å²) in [5, 5.41) is 7.43. The second kappa shape index (κ2) is 6.52. The number of nitrogens with zero attached hydrogens (tertiary/aromatic N) is 2. The number of hydrazone groups is 1. The van der Waals surface area contributed by atoms with E-state index in [9.17, 15) is 0 Å². The van der Waals surface area contributed by atoms with Crippen LogP contribution in [0, 0.1) is 6.92 Å². The zero-order valence-corrected chi connectivity index (χ0v) is 16.9. The van der Waals surface area contributed by atoms with E-state index >= 15 is 0 Å². The van der Waals surface area contributed by atoms with Crippen LogP contribution in [0.5, 0.6) is 11.5 Å². The molecule has 1 N–H and O–H groups in total. The Bertz CT molecular complexity index is 914. The molecule has 2 aromatic carbocycles. The first-order valence-electron chi connectivity index (χ1n) is 10.2. The van der Waals surface area contributed by atoms with E-state index in [1.54, 1.807) is 12.0 Å². The normalized spacial score (nSPS) is 28.4. The van der Waals surface area contributed by atoms with Crippen molar-refractivity contribution in [3.8, 4) is 11.5 Å². The third-order valence-electron chi connectivity index (χ3n) is 6.46. The Morgan fingerprint density at radius 3 is 2.61 bits per heavy atom. The number of aryl methyl sites for hydroxylation is 1. The fourth-order valence-corrected chi connectivity index (χ4v) is 4.76. The Hall–Kier alpha value is -2.53. The standard InChI is InChI=1S/C23H27N3O2/c1-16-4-9-22-19(14-16)21-15-20(17-5-7-18(27-3)8-6-17)24-26(21)23(28-22)10-12-25(2)13-11-23/h4-9,14,21H,10-13,15H2,1-3H3/p+1/t21-/m0/s1. The van der Waals surface area contributed by atoms with Gasteiger partial charge in [0.05, 0.1) is 51.8 Å². The van der Waals surface area contributed by atoms with Gasteiger partial charge in [0.2, 0.25) is 5.72 Å². The zero-order valence-electron chi connectivity index (χ0n) is 16.9. The molecule has 2 aromatic rings. The molecule has 5 rings (SSSR count). The first-order chi connectivity index (χ1) is 13.6. The van der Waals surface area contributed by atoms with E-state index in [4.69, 9.17) is 14.6 Å². The van der Waals surface area contributed by atoms with Crippen LogP contribution in [0.2, 0.25) is 0 Å². The van der Waals surface area contributed by atoms with Crippen LogP contribution in [-0.4, -0.2) is 43.7 Å². The highest BCUT2D eigenvalue weighted by atomic mass is 16.5. The summed E-state index contributed by atoms with van der Waals surface area (Å²) >= 11 is 0. The molecule has 0 bridgehead atoms. The van der Waals surface area contributed by atoms with E-state index in [1.165, 1.54) is 11.1 Å². The van der Waals surface area contributed by atoms with Gasteiger partial charge < -0.3 is 14.4 Å². The summed E-state index contributed by atoms with van der Waals surface area (Å²) in [6.07, 6.45) is 2.92. The van der Waals surface area contributed by atoms with Crippen molar-refractivity contribution in [3.63, 3.8) is 0 Å². The van der Waals surface area contributed by atoms with Gasteiger partial charge in [-0.2, -0.15) is 5.10 Å². The van der Waals surface area contributed by atoms with Crippen molar-refractivity contribution >= 4 is 5.71 Å². The molecule has 5 heteroatoms. The Balaban J connectivity index is 1.56. The highest BCUT2D eigenvalue weighted by molar-refractivity contribution is 6.02. The summed E-state index contributed by atoms with van der Waals surface area (Å²) in [5.74, 6) is 1.91. The predicted molar refractivity (Wildman–Crippen MR) is 109 cm³/mol. The third-order valence-corrected chi connectivity index (χ3v) is 6.46. The van der Waals surface area contributed by atoms with Crippen LogP contribution in [-0.2, 0) is 0 Å². The van der Waals surface area contributed by atoms with Gasteiger partial charge in [-0.25, -0.2) is 5.01 Å². The molecule has 0 amide bonds. The molecule has 1 atom stereocenters. The largest absolute Gasteiger partial charge is 0.497 e. The highest BCUT2D eigenvalue weighted by Crippen LogP contribution is 2.49. The van der Waals surface area contributed by atoms with Gasteiger partial charge in [-0.15, -0.1) is 0 Å². The molecule has 3 heterocycles. The minimum Gasteiger partial charge on any atom is -0.497 e. The van der Waals surface area contributed by atoms with Crippen molar-refractivity contribution in [2.75, 3.05) is 27.2 Å². The molecule has 0 radical (unpaired) electrons. The summed E-state index contributed by atoms with van der Waals surface area (Å²) in [7, 11) is 3.96. The number of fused-ring (bicyclic) bond motifs is 4. The lowest BCUT2D eigenvalue weighted by molar-refractivity contribution is -0.888. The van der Waals surface area contributed by atoms with Gasteiger partial charge in [0, 0.05) is 12.0 Å². The van der Waals surface area contributed by atoms with E-state index in [0.717, 1.165) is 55.1 Å². The monoisotopic (exact) mass is 378 g/mol. The molecule has 0 unspecified atom stereocenters. The number of methoxy groups -OCH3 is 1. The molecular weight excluding hydrogens is 350 g/mol. The zero-order chi connectivity index (χ0) is 19.3. The lowest BCUT2D eigenvalue weighted by atomic mass is 9.90. The molecule has 0 aromatic heterocycles. The second-order valence-corrected chi connectivity index (χ2v) is 8.39. The molecular formula is C23H28N3O2+. The van der Waals surface area contributed by atoms with Gasteiger partial charge in [0.1, 0.15) is 11.5 Å². The summed E-state index contributed by atoms with van der Waals surface area (Å²) in [4.78, 5) is 1.57. The molecule has 5 nitrogen and oxygen atoms in total. The molecule has 1 spiro atoms. The first kappa shape index (κ1) is 17.6. The molecule has 3 aliphatic rings. The van der Waals surface area contributed by atoms with E-state index < -0.39 is 0 Å². The van der Waals surface area contributed by atoms with E-state index in [0.29, 0.717) is 0 Å². The van der Waals surface area contributed by atoms with Gasteiger partial charge in [-0.3, -0.25) is 0 Å². The molecule has 1 fully saturated rings. The molecule has 3 aliphatic heterocycles. The molecule has 0 saturated carbocycles. The lowest BCUT2D eigenvalue weighted by Gasteiger charge is -2.49. The fourth-order valence-electron chi connectivity index (χ4n) is 4.76. The van der Waals surface area contributed by atoms with Crippen LogP contribution in [0.25, 0.3) is 0 Å². The Kier molecular flexibility index (Phi) is 4.09. The predicted octanol–water partition coefficient (Wildman–Crippen LogP) is 2.55. The van der Waals surface area contributed by atoms with Gasteiger partial charge in [-0.05, 0) is 42.8 Å². The van der Waals surface area contributed by atoms with Gasteiger partial charge in [0.25, 0.3) is 0 Å². The van der Waals surface area contributed by atoms with Crippen molar-refractivity contribution in [3.05, 3.63) is 59.2 Å². The SMILES string of the molecule is COc1ccc(C2=NN3[C@@H](C2)c2cc(C)ccc2OC32CC[NH+](C)CC2)cc1. The minimum atomic E-state index is -0.319. The number of hydrogen-bond acceptors (Lipinski definition) is 4. The van der Waals surface area contributed by atoms with Crippen LogP contribution in [0.1, 0.15) is 42.0 Å². The Morgan fingerprint density at radius 2 is 1.89 bits per heavy atom. The van der Waals surface area contributed by atoms with E-state index in [-0.39, 0.29) is 11.8 Å². The van der Waals surface area contributed by atoms with Crippen LogP contribution < -0.4 is 14.4 Å². The number of benzene rings is 2. The van der Waals surface area contributed by atoms with Gasteiger partial charge in [-0.1, -0.05) is 17.7 Å². The van der Waals surface area contributed by atoms with Crippen LogP contribution in [0.4, 0.5) is 0 Å². The average molecular weight is 378 g/mol. The van der Waals surface area contributed by atoms with Crippen molar-refractivity contribution in [1.82, 2.24) is 5.01 Å². The smallest absolute Gasteiger partial charge is 0.208 e. The fraction of sp³-hybridized carbons (Fsp3) is 0.435. The number of ether oxygens (including phenoxy) is 2. The average Bonchev–Trinajstić information content (AvgIpc) is 3.18. The second-order valence-electron chi connectivity index (χ2n) is 8.39. The first-order valence-corrected chi connectivity index (χ1v) is 10.2. The number of rotatable bonds is 2. The molecule has 146 valence electrons. The van der Waals surface area contributed by atoms with Crippen molar-refractivity contribution in [1.29, 1.82) is 0 Å². The quantitative estimate of drug-likeness (QED) is 0.873. The van der Waals surface area contributed by atoms with Crippen molar-refractivity contribution < 1.29 is 14.4 Å². The Labute approximate surface area is 166 Å². The number of quaternary nitrogens is 1. The van der Waals surface area contributed by atoms with Crippen molar-refractivity contribution in [2.24, 2.45) is 5.10 Å². The number of piperidine rings is 1. The summed E-state index contributed by atoms with van der Waals surface area (Å²) in [6, 6.07) is 15.1. The van der Waals surface area contributed by atoms with Gasteiger partial charge in [0.15, 0.2) is 0 Å². The molecule has 0 aliphatic carbocycles. The number of hydrogen-bond donors (Lipinski definition) is 1. The molecule has 1 saturated heterocycles. The number of likely N-dealkylation sites (tertiary alicyclic amines) is 1.